The number of hydrogen-bond acceptors (Lipinski definition) is 2. The van der Waals surface area contributed by atoms with Crippen molar-refractivity contribution in [1.29, 1.82) is 0 Å². The highest BCUT2D eigenvalue weighted by atomic mass is 16.3. The van der Waals surface area contributed by atoms with Crippen molar-refractivity contribution in [3.05, 3.63) is 64.9 Å². The summed E-state index contributed by atoms with van der Waals surface area (Å²) in [5.41, 5.74) is 6.20. The SMILES string of the molecule is CCc1ccc2c(CC(=O)Nc3c(C)cccc3C(C)C)coc2c1. The first-order valence-corrected chi connectivity index (χ1v) is 8.88. The lowest BCUT2D eigenvalue weighted by Gasteiger charge is -2.16. The van der Waals surface area contributed by atoms with Gasteiger partial charge in [0.05, 0.1) is 12.7 Å². The quantitative estimate of drug-likeness (QED) is 0.658. The molecule has 0 unspecified atom stereocenters. The number of furan rings is 1. The van der Waals surface area contributed by atoms with Gasteiger partial charge in [-0.1, -0.05) is 51.1 Å². The summed E-state index contributed by atoms with van der Waals surface area (Å²) in [6, 6.07) is 12.3. The van der Waals surface area contributed by atoms with Gasteiger partial charge in [-0.15, -0.1) is 0 Å². The average molecular weight is 335 g/mol. The number of carbonyl (C=O) groups is 1. The van der Waals surface area contributed by atoms with Crippen LogP contribution in [0.4, 0.5) is 5.69 Å². The standard InChI is InChI=1S/C22H25NO2/c1-5-16-9-10-19-17(13-25-20(19)11-16)12-21(24)23-22-15(4)7-6-8-18(22)14(2)3/h6-11,13-14H,5,12H2,1-4H3,(H,23,24). The lowest BCUT2D eigenvalue weighted by atomic mass is 9.98. The number of carbonyl (C=O) groups excluding carboxylic acids is 1. The van der Waals surface area contributed by atoms with Crippen LogP contribution in [-0.2, 0) is 17.6 Å². The fourth-order valence-corrected chi connectivity index (χ4v) is 3.18. The second-order valence-corrected chi connectivity index (χ2v) is 6.86. The van der Waals surface area contributed by atoms with E-state index in [4.69, 9.17) is 4.42 Å². The number of benzene rings is 2. The number of rotatable bonds is 5. The van der Waals surface area contributed by atoms with Crippen LogP contribution in [0.2, 0.25) is 0 Å². The van der Waals surface area contributed by atoms with Gasteiger partial charge in [-0.25, -0.2) is 0 Å². The molecule has 3 nitrogen and oxygen atoms in total. The molecule has 0 bridgehead atoms. The Kier molecular flexibility index (Phi) is 4.93. The highest BCUT2D eigenvalue weighted by Gasteiger charge is 2.15. The molecule has 1 heterocycles. The summed E-state index contributed by atoms with van der Waals surface area (Å²) in [4.78, 5) is 12.6. The number of hydrogen-bond donors (Lipinski definition) is 1. The highest BCUT2D eigenvalue weighted by Crippen LogP contribution is 2.28. The second-order valence-electron chi connectivity index (χ2n) is 6.86. The predicted molar refractivity (Wildman–Crippen MR) is 103 cm³/mol. The molecule has 3 rings (SSSR count). The predicted octanol–water partition coefficient (Wildman–Crippen LogP) is 5.61. The molecule has 1 aromatic heterocycles. The van der Waals surface area contributed by atoms with E-state index in [-0.39, 0.29) is 5.91 Å². The van der Waals surface area contributed by atoms with Crippen molar-refractivity contribution < 1.29 is 9.21 Å². The molecule has 2 aromatic carbocycles. The van der Waals surface area contributed by atoms with Crippen molar-refractivity contribution in [3.63, 3.8) is 0 Å². The van der Waals surface area contributed by atoms with Crippen LogP contribution in [0.5, 0.6) is 0 Å². The fraction of sp³-hybridized carbons (Fsp3) is 0.318. The first-order chi connectivity index (χ1) is 12.0. The molecule has 0 saturated heterocycles. The molecule has 1 amide bonds. The molecule has 25 heavy (non-hydrogen) atoms. The number of fused-ring (bicyclic) bond motifs is 1. The highest BCUT2D eigenvalue weighted by molar-refractivity contribution is 5.96. The summed E-state index contributed by atoms with van der Waals surface area (Å²) in [6.45, 7) is 8.42. The minimum Gasteiger partial charge on any atom is -0.464 e. The van der Waals surface area contributed by atoms with Gasteiger partial charge >= 0.3 is 0 Å². The Labute approximate surface area is 149 Å². The van der Waals surface area contributed by atoms with Crippen molar-refractivity contribution in [1.82, 2.24) is 0 Å². The summed E-state index contributed by atoms with van der Waals surface area (Å²) in [5, 5.41) is 4.12. The van der Waals surface area contributed by atoms with Crippen molar-refractivity contribution in [2.45, 2.75) is 46.5 Å². The van der Waals surface area contributed by atoms with Gasteiger partial charge in [0.1, 0.15) is 5.58 Å². The first-order valence-electron chi connectivity index (χ1n) is 8.88. The summed E-state index contributed by atoms with van der Waals surface area (Å²) in [6.07, 6.45) is 2.98. The molecule has 0 atom stereocenters. The zero-order chi connectivity index (χ0) is 18.0. The van der Waals surface area contributed by atoms with E-state index in [1.165, 1.54) is 5.56 Å². The molecule has 0 radical (unpaired) electrons. The Hall–Kier alpha value is -2.55. The molecular weight excluding hydrogens is 310 g/mol. The monoisotopic (exact) mass is 335 g/mol. The Morgan fingerprint density at radius 2 is 2.00 bits per heavy atom. The van der Waals surface area contributed by atoms with Crippen LogP contribution in [0.15, 0.2) is 47.1 Å². The van der Waals surface area contributed by atoms with Crippen LogP contribution >= 0.6 is 0 Å². The number of amides is 1. The van der Waals surface area contributed by atoms with Crippen molar-refractivity contribution in [2.75, 3.05) is 5.32 Å². The van der Waals surface area contributed by atoms with Gasteiger partial charge in [0.15, 0.2) is 0 Å². The van der Waals surface area contributed by atoms with E-state index in [1.807, 2.05) is 25.1 Å². The second kappa shape index (κ2) is 7.14. The van der Waals surface area contributed by atoms with E-state index in [9.17, 15) is 4.79 Å². The first kappa shape index (κ1) is 17.3. The maximum atomic E-state index is 12.6. The fourth-order valence-electron chi connectivity index (χ4n) is 3.18. The summed E-state index contributed by atoms with van der Waals surface area (Å²) >= 11 is 0. The molecule has 0 fully saturated rings. The largest absolute Gasteiger partial charge is 0.464 e. The van der Waals surface area contributed by atoms with E-state index >= 15 is 0 Å². The smallest absolute Gasteiger partial charge is 0.228 e. The van der Waals surface area contributed by atoms with E-state index in [0.717, 1.165) is 39.8 Å². The summed E-state index contributed by atoms with van der Waals surface area (Å²) in [7, 11) is 0. The van der Waals surface area contributed by atoms with Crippen molar-refractivity contribution in [3.8, 4) is 0 Å². The Morgan fingerprint density at radius 1 is 1.20 bits per heavy atom. The molecule has 0 aliphatic rings. The average Bonchev–Trinajstić information content (AvgIpc) is 2.98. The molecule has 0 saturated carbocycles. The van der Waals surface area contributed by atoms with Gasteiger partial charge in [0.25, 0.3) is 0 Å². The Balaban J connectivity index is 1.82. The van der Waals surface area contributed by atoms with Crippen LogP contribution in [0.1, 0.15) is 48.9 Å². The van der Waals surface area contributed by atoms with Crippen LogP contribution < -0.4 is 5.32 Å². The normalized spacial score (nSPS) is 11.2. The van der Waals surface area contributed by atoms with E-state index < -0.39 is 0 Å². The maximum Gasteiger partial charge on any atom is 0.228 e. The molecule has 3 aromatic rings. The third-order valence-electron chi connectivity index (χ3n) is 4.67. The molecule has 0 spiro atoms. The number of anilines is 1. The van der Waals surface area contributed by atoms with Crippen LogP contribution in [-0.4, -0.2) is 5.91 Å². The van der Waals surface area contributed by atoms with Gasteiger partial charge < -0.3 is 9.73 Å². The number of aryl methyl sites for hydroxylation is 2. The van der Waals surface area contributed by atoms with E-state index in [2.05, 4.69) is 44.3 Å². The van der Waals surface area contributed by atoms with Gasteiger partial charge in [-0.05, 0) is 42.0 Å². The third kappa shape index (κ3) is 3.60. The van der Waals surface area contributed by atoms with Gasteiger partial charge in [-0.2, -0.15) is 0 Å². The minimum absolute atomic E-state index is 0.0153. The zero-order valence-corrected chi connectivity index (χ0v) is 15.3. The van der Waals surface area contributed by atoms with E-state index in [0.29, 0.717) is 12.3 Å². The molecular formula is C22H25NO2. The van der Waals surface area contributed by atoms with Gasteiger partial charge in [0, 0.05) is 16.6 Å². The third-order valence-corrected chi connectivity index (χ3v) is 4.67. The van der Waals surface area contributed by atoms with Gasteiger partial charge in [-0.3, -0.25) is 4.79 Å². The summed E-state index contributed by atoms with van der Waals surface area (Å²) in [5.74, 6) is 0.343. The van der Waals surface area contributed by atoms with Gasteiger partial charge in [0.2, 0.25) is 5.91 Å². The van der Waals surface area contributed by atoms with Crippen molar-refractivity contribution >= 4 is 22.6 Å². The maximum absolute atomic E-state index is 12.6. The number of nitrogens with one attached hydrogen (secondary N) is 1. The lowest BCUT2D eigenvalue weighted by Crippen LogP contribution is -2.16. The van der Waals surface area contributed by atoms with Crippen LogP contribution in [0.25, 0.3) is 11.0 Å². The topological polar surface area (TPSA) is 42.2 Å². The van der Waals surface area contributed by atoms with E-state index in [1.54, 1.807) is 6.26 Å². The van der Waals surface area contributed by atoms with Crippen LogP contribution in [0, 0.1) is 6.92 Å². The minimum atomic E-state index is -0.0153. The molecule has 1 N–H and O–H groups in total. The number of para-hydroxylation sites is 1. The molecule has 130 valence electrons. The summed E-state index contributed by atoms with van der Waals surface area (Å²) < 4.78 is 5.65. The molecule has 0 aliphatic carbocycles. The zero-order valence-electron chi connectivity index (χ0n) is 15.3. The Bertz CT molecular complexity index is 906. The van der Waals surface area contributed by atoms with Crippen LogP contribution in [0.3, 0.4) is 0 Å². The van der Waals surface area contributed by atoms with Crippen molar-refractivity contribution in [2.24, 2.45) is 0 Å². The Morgan fingerprint density at radius 3 is 2.72 bits per heavy atom. The molecule has 3 heteroatoms. The lowest BCUT2D eigenvalue weighted by molar-refractivity contribution is -0.115. The molecule has 0 aliphatic heterocycles.